The predicted octanol–water partition coefficient (Wildman–Crippen LogP) is 3.82. The van der Waals surface area contributed by atoms with Gasteiger partial charge < -0.3 is 9.88 Å². The topological polar surface area (TPSA) is 46.9 Å². The molecular formula is C19H18FN3OS. The maximum Gasteiger partial charge on any atom is 0.238 e. The second-order valence-corrected chi connectivity index (χ2v) is 7.35. The molecule has 1 amide bonds. The smallest absolute Gasteiger partial charge is 0.238 e. The number of hydrogen-bond acceptors (Lipinski definition) is 3. The fraction of sp³-hybridized carbons (Fsp3) is 0.263. The first kappa shape index (κ1) is 16.1. The van der Waals surface area contributed by atoms with Crippen molar-refractivity contribution in [1.82, 2.24) is 14.9 Å². The van der Waals surface area contributed by atoms with Gasteiger partial charge in [-0.3, -0.25) is 4.79 Å². The molecule has 1 saturated carbocycles. The lowest BCUT2D eigenvalue weighted by Crippen LogP contribution is -2.29. The highest BCUT2D eigenvalue weighted by Crippen LogP contribution is 2.37. The molecule has 0 radical (unpaired) electrons. The summed E-state index contributed by atoms with van der Waals surface area (Å²) in [4.78, 5) is 17.4. The van der Waals surface area contributed by atoms with Crippen molar-refractivity contribution in [3.63, 3.8) is 0 Å². The molecule has 6 heteroatoms. The van der Waals surface area contributed by atoms with Crippen molar-refractivity contribution in [2.45, 2.75) is 29.3 Å². The summed E-state index contributed by atoms with van der Waals surface area (Å²) in [5, 5.41) is 3.35. The normalized spacial score (nSPS) is 15.3. The third kappa shape index (κ3) is 3.39. The van der Waals surface area contributed by atoms with Gasteiger partial charge in [-0.25, -0.2) is 9.37 Å². The van der Waals surface area contributed by atoms with Crippen LogP contribution in [-0.4, -0.2) is 21.5 Å². The molecule has 1 fully saturated rings. The van der Waals surface area contributed by atoms with Crippen molar-refractivity contribution < 1.29 is 9.18 Å². The van der Waals surface area contributed by atoms with E-state index in [1.807, 2.05) is 35.9 Å². The Morgan fingerprint density at radius 2 is 1.96 bits per heavy atom. The largest absolute Gasteiger partial charge is 0.352 e. The Hall–Kier alpha value is -2.34. The van der Waals surface area contributed by atoms with E-state index in [9.17, 15) is 9.18 Å². The number of para-hydroxylation sites is 2. The molecule has 2 aromatic carbocycles. The third-order valence-electron chi connectivity index (χ3n) is 4.30. The lowest BCUT2D eigenvalue weighted by molar-refractivity contribution is -0.120. The number of hydrogen-bond donors (Lipinski definition) is 1. The number of fused-ring (bicyclic) bond motifs is 1. The molecule has 1 aromatic heterocycles. The van der Waals surface area contributed by atoms with Crippen LogP contribution in [0.5, 0.6) is 0 Å². The van der Waals surface area contributed by atoms with E-state index in [2.05, 4.69) is 10.3 Å². The van der Waals surface area contributed by atoms with Gasteiger partial charge in [-0.15, -0.1) is 0 Å². The van der Waals surface area contributed by atoms with Gasteiger partial charge in [0.25, 0.3) is 0 Å². The van der Waals surface area contributed by atoms with E-state index in [0.29, 0.717) is 0 Å². The molecule has 0 aliphatic heterocycles. The Morgan fingerprint density at radius 1 is 1.24 bits per heavy atom. The lowest BCUT2D eigenvalue weighted by atomic mass is 10.1. The standard InChI is InChI=1S/C19H18FN3OS/c1-23-16-5-3-2-4-15(16)22-19(23)25-17(18(24)21-14-10-11-14)12-6-8-13(20)9-7-12/h2-9,14,17H,10-11H2,1H3,(H,21,24). The van der Waals surface area contributed by atoms with E-state index in [1.165, 1.54) is 23.9 Å². The van der Waals surface area contributed by atoms with Crippen LogP contribution in [0.1, 0.15) is 23.7 Å². The van der Waals surface area contributed by atoms with Gasteiger partial charge in [0.15, 0.2) is 5.16 Å². The van der Waals surface area contributed by atoms with Crippen LogP contribution >= 0.6 is 11.8 Å². The Kier molecular flexibility index (Phi) is 4.21. The summed E-state index contributed by atoms with van der Waals surface area (Å²) in [7, 11) is 1.94. The maximum absolute atomic E-state index is 13.3. The Labute approximate surface area is 149 Å². The summed E-state index contributed by atoms with van der Waals surface area (Å²) in [6.45, 7) is 0. The van der Waals surface area contributed by atoms with E-state index < -0.39 is 5.25 Å². The average Bonchev–Trinajstić information content (AvgIpc) is 3.37. The van der Waals surface area contributed by atoms with Crippen LogP contribution in [0.15, 0.2) is 53.7 Å². The highest BCUT2D eigenvalue weighted by molar-refractivity contribution is 8.00. The van der Waals surface area contributed by atoms with Crippen molar-refractivity contribution in [2.24, 2.45) is 7.05 Å². The number of aromatic nitrogens is 2. The van der Waals surface area contributed by atoms with Gasteiger partial charge in [-0.2, -0.15) is 0 Å². The number of amides is 1. The van der Waals surface area contributed by atoms with Gasteiger partial charge in [-0.1, -0.05) is 36.0 Å². The first-order valence-electron chi connectivity index (χ1n) is 8.26. The molecule has 1 heterocycles. The molecule has 4 rings (SSSR count). The highest BCUT2D eigenvalue weighted by atomic mass is 32.2. The number of carbonyl (C=O) groups excluding carboxylic acids is 1. The van der Waals surface area contributed by atoms with Gasteiger partial charge in [0.2, 0.25) is 5.91 Å². The second-order valence-electron chi connectivity index (χ2n) is 6.27. The van der Waals surface area contributed by atoms with Crippen LogP contribution in [0.4, 0.5) is 4.39 Å². The zero-order valence-corrected chi connectivity index (χ0v) is 14.6. The Morgan fingerprint density at radius 3 is 2.64 bits per heavy atom. The van der Waals surface area contributed by atoms with Crippen LogP contribution in [0.25, 0.3) is 11.0 Å². The van der Waals surface area contributed by atoms with Crippen LogP contribution in [0.2, 0.25) is 0 Å². The lowest BCUT2D eigenvalue weighted by Gasteiger charge is -2.16. The van der Waals surface area contributed by atoms with Crippen LogP contribution < -0.4 is 5.32 Å². The van der Waals surface area contributed by atoms with Crippen molar-refractivity contribution in [1.29, 1.82) is 0 Å². The maximum atomic E-state index is 13.3. The van der Waals surface area contributed by atoms with Crippen molar-refractivity contribution in [2.75, 3.05) is 0 Å². The van der Waals surface area contributed by atoms with E-state index in [0.717, 1.165) is 34.6 Å². The number of nitrogens with zero attached hydrogens (tertiary/aromatic N) is 2. The van der Waals surface area contributed by atoms with Crippen molar-refractivity contribution in [3.8, 4) is 0 Å². The predicted molar refractivity (Wildman–Crippen MR) is 96.9 cm³/mol. The molecule has 0 bridgehead atoms. The molecule has 1 aliphatic rings. The molecule has 0 spiro atoms. The number of imidazole rings is 1. The van der Waals surface area contributed by atoms with E-state index >= 15 is 0 Å². The molecule has 1 unspecified atom stereocenters. The van der Waals surface area contributed by atoms with Gasteiger partial charge in [0.1, 0.15) is 11.1 Å². The zero-order valence-electron chi connectivity index (χ0n) is 13.8. The number of carbonyl (C=O) groups is 1. The van der Waals surface area contributed by atoms with Gasteiger partial charge in [0.05, 0.1) is 11.0 Å². The first-order valence-corrected chi connectivity index (χ1v) is 9.14. The van der Waals surface area contributed by atoms with Gasteiger partial charge in [0, 0.05) is 13.1 Å². The summed E-state index contributed by atoms with van der Waals surface area (Å²) in [5.74, 6) is -0.357. The SMILES string of the molecule is Cn1c(SC(C(=O)NC2CC2)c2ccc(F)cc2)nc2ccccc21. The molecule has 1 N–H and O–H groups in total. The number of thioether (sulfide) groups is 1. The van der Waals surface area contributed by atoms with E-state index in [4.69, 9.17) is 0 Å². The molecule has 128 valence electrons. The molecule has 1 atom stereocenters. The van der Waals surface area contributed by atoms with Crippen molar-refractivity contribution in [3.05, 3.63) is 59.9 Å². The summed E-state index contributed by atoms with van der Waals surface area (Å²) in [5.41, 5.74) is 2.69. The Balaban J connectivity index is 1.67. The minimum Gasteiger partial charge on any atom is -0.352 e. The summed E-state index contributed by atoms with van der Waals surface area (Å²) < 4.78 is 15.3. The zero-order chi connectivity index (χ0) is 17.4. The number of nitrogens with one attached hydrogen (secondary N) is 1. The average molecular weight is 355 g/mol. The van der Waals surface area contributed by atoms with E-state index in [1.54, 1.807) is 12.1 Å². The third-order valence-corrected chi connectivity index (χ3v) is 5.60. The molecule has 0 saturated heterocycles. The number of aryl methyl sites for hydroxylation is 1. The highest BCUT2D eigenvalue weighted by Gasteiger charge is 2.30. The number of halogens is 1. The number of rotatable bonds is 5. The summed E-state index contributed by atoms with van der Waals surface area (Å²) in [6, 6.07) is 14.3. The fourth-order valence-corrected chi connectivity index (χ4v) is 3.84. The van der Waals surface area contributed by atoms with Crippen LogP contribution in [0, 0.1) is 5.82 Å². The van der Waals surface area contributed by atoms with Crippen molar-refractivity contribution >= 4 is 28.7 Å². The minimum absolute atomic E-state index is 0.0498. The van der Waals surface area contributed by atoms with Gasteiger partial charge in [-0.05, 0) is 42.7 Å². The quantitative estimate of drug-likeness (QED) is 0.708. The minimum atomic E-state index is -0.461. The van der Waals surface area contributed by atoms with Gasteiger partial charge >= 0.3 is 0 Å². The fourth-order valence-electron chi connectivity index (χ4n) is 2.75. The molecule has 4 nitrogen and oxygen atoms in total. The molecule has 1 aliphatic carbocycles. The molecular weight excluding hydrogens is 337 g/mol. The first-order chi connectivity index (χ1) is 12.1. The number of benzene rings is 2. The monoisotopic (exact) mass is 355 g/mol. The van der Waals surface area contributed by atoms with E-state index in [-0.39, 0.29) is 17.8 Å². The van der Waals surface area contributed by atoms with Crippen LogP contribution in [0.3, 0.4) is 0 Å². The summed E-state index contributed by atoms with van der Waals surface area (Å²) in [6.07, 6.45) is 2.05. The molecule has 3 aromatic rings. The Bertz CT molecular complexity index is 918. The second kappa shape index (κ2) is 6.52. The van der Waals surface area contributed by atoms with Crippen LogP contribution in [-0.2, 0) is 11.8 Å². The molecule has 25 heavy (non-hydrogen) atoms. The summed E-state index contributed by atoms with van der Waals surface area (Å²) >= 11 is 1.40.